The summed E-state index contributed by atoms with van der Waals surface area (Å²) in [7, 11) is 1.50. The molecule has 0 saturated heterocycles. The van der Waals surface area contributed by atoms with Gasteiger partial charge >= 0.3 is 5.97 Å². The standard InChI is InChI=1S/C25H18N2O5.H2O/c1-31-12-13-32-25(30)20-19-14-16(15-6-9-26-10-7-15)8-11-27(19)22-21(20)23(28)17-4-2-3-5-18(17)24(22)29;/h2-11,14H,12-13H2,1H3;1H2. The second kappa shape index (κ2) is 8.78. The molecular weight excluding hydrogens is 424 g/mol. The van der Waals surface area contributed by atoms with Gasteiger partial charge in [-0.15, -0.1) is 0 Å². The number of ether oxygens (including phenoxy) is 2. The van der Waals surface area contributed by atoms with Crippen molar-refractivity contribution in [3.63, 3.8) is 0 Å². The van der Waals surface area contributed by atoms with Crippen molar-refractivity contribution in [2.24, 2.45) is 0 Å². The average molecular weight is 444 g/mol. The van der Waals surface area contributed by atoms with Gasteiger partial charge in [-0.05, 0) is 35.4 Å². The first-order chi connectivity index (χ1) is 15.6. The van der Waals surface area contributed by atoms with E-state index in [1.165, 1.54) is 7.11 Å². The zero-order valence-electron chi connectivity index (χ0n) is 17.7. The van der Waals surface area contributed by atoms with Gasteiger partial charge in [0.25, 0.3) is 0 Å². The number of benzene rings is 1. The fourth-order valence-electron chi connectivity index (χ4n) is 4.06. The summed E-state index contributed by atoms with van der Waals surface area (Å²) in [6.07, 6.45) is 5.05. The van der Waals surface area contributed by atoms with Gasteiger partial charge in [-0.25, -0.2) is 4.79 Å². The van der Waals surface area contributed by atoms with E-state index in [1.807, 2.05) is 18.2 Å². The van der Waals surface area contributed by atoms with Crippen LogP contribution in [0.2, 0.25) is 0 Å². The van der Waals surface area contributed by atoms with E-state index in [2.05, 4.69) is 4.98 Å². The molecule has 0 unspecified atom stereocenters. The maximum absolute atomic E-state index is 13.4. The summed E-state index contributed by atoms with van der Waals surface area (Å²) in [4.78, 5) is 43.9. The summed E-state index contributed by atoms with van der Waals surface area (Å²) in [5.41, 5.74) is 3.07. The van der Waals surface area contributed by atoms with Crippen molar-refractivity contribution >= 4 is 23.1 Å². The van der Waals surface area contributed by atoms with Crippen molar-refractivity contribution in [3.8, 4) is 11.1 Å². The highest BCUT2D eigenvalue weighted by molar-refractivity contribution is 6.31. The molecule has 0 radical (unpaired) electrons. The lowest BCUT2D eigenvalue weighted by molar-refractivity contribution is 0.0388. The van der Waals surface area contributed by atoms with Crippen molar-refractivity contribution in [3.05, 3.63) is 95.1 Å². The minimum atomic E-state index is -0.673. The van der Waals surface area contributed by atoms with Gasteiger partial charge in [-0.3, -0.25) is 14.6 Å². The first-order valence-electron chi connectivity index (χ1n) is 10.0. The molecule has 1 aliphatic rings. The molecule has 0 aliphatic heterocycles. The SMILES string of the molecule is COCCOC(=O)c1c2c(n3ccc(-c4ccncc4)cc13)C(=O)c1ccccc1C2=O.O. The summed E-state index contributed by atoms with van der Waals surface area (Å²) >= 11 is 0. The number of hydrogen-bond acceptors (Lipinski definition) is 6. The number of ketones is 2. The number of pyridine rings is 2. The minimum Gasteiger partial charge on any atom is -0.460 e. The van der Waals surface area contributed by atoms with Gasteiger partial charge in [0.15, 0.2) is 5.78 Å². The van der Waals surface area contributed by atoms with Crippen LogP contribution in [-0.4, -0.2) is 52.7 Å². The Morgan fingerprint density at radius 3 is 2.33 bits per heavy atom. The maximum Gasteiger partial charge on any atom is 0.341 e. The normalized spacial score (nSPS) is 12.2. The van der Waals surface area contributed by atoms with Crippen LogP contribution in [0.15, 0.2) is 67.1 Å². The number of nitrogens with zero attached hydrogens (tertiary/aromatic N) is 2. The predicted molar refractivity (Wildman–Crippen MR) is 120 cm³/mol. The van der Waals surface area contributed by atoms with E-state index in [-0.39, 0.29) is 52.6 Å². The second-order valence-electron chi connectivity index (χ2n) is 7.34. The first kappa shape index (κ1) is 22.1. The van der Waals surface area contributed by atoms with E-state index in [0.29, 0.717) is 11.1 Å². The lowest BCUT2D eigenvalue weighted by Crippen LogP contribution is -2.23. The van der Waals surface area contributed by atoms with Gasteiger partial charge in [-0.1, -0.05) is 24.3 Å². The van der Waals surface area contributed by atoms with Crippen molar-refractivity contribution in [1.29, 1.82) is 0 Å². The Bertz CT molecular complexity index is 1390. The van der Waals surface area contributed by atoms with Gasteiger partial charge in [-0.2, -0.15) is 0 Å². The molecule has 8 nitrogen and oxygen atoms in total. The summed E-state index contributed by atoms with van der Waals surface area (Å²) in [5.74, 6) is -1.35. The Kier molecular flexibility index (Phi) is 5.87. The molecule has 0 bridgehead atoms. The van der Waals surface area contributed by atoms with Crippen LogP contribution in [0.5, 0.6) is 0 Å². The third kappa shape index (κ3) is 3.51. The Morgan fingerprint density at radius 2 is 1.64 bits per heavy atom. The molecule has 5 rings (SSSR count). The molecule has 166 valence electrons. The third-order valence-electron chi connectivity index (χ3n) is 5.54. The summed E-state index contributed by atoms with van der Waals surface area (Å²) < 4.78 is 11.9. The summed E-state index contributed by atoms with van der Waals surface area (Å²) in [6.45, 7) is 0.252. The van der Waals surface area contributed by atoms with E-state index < -0.39 is 5.97 Å². The van der Waals surface area contributed by atoms with Crippen LogP contribution in [0.3, 0.4) is 0 Å². The topological polar surface area (TPSA) is 118 Å². The highest BCUT2D eigenvalue weighted by atomic mass is 16.6. The Morgan fingerprint density at radius 1 is 0.939 bits per heavy atom. The van der Waals surface area contributed by atoms with Crippen molar-refractivity contribution in [2.45, 2.75) is 0 Å². The Balaban J connectivity index is 0.00000259. The number of hydrogen-bond donors (Lipinski definition) is 0. The number of aromatic nitrogens is 2. The van der Waals surface area contributed by atoms with E-state index in [4.69, 9.17) is 9.47 Å². The summed E-state index contributed by atoms with van der Waals surface area (Å²) in [5, 5.41) is 0. The minimum absolute atomic E-state index is 0. The van der Waals surface area contributed by atoms with E-state index in [1.54, 1.807) is 53.3 Å². The molecule has 0 atom stereocenters. The van der Waals surface area contributed by atoms with Crippen LogP contribution < -0.4 is 0 Å². The quantitative estimate of drug-likeness (QED) is 0.304. The maximum atomic E-state index is 13.4. The number of fused-ring (bicyclic) bond motifs is 4. The van der Waals surface area contributed by atoms with Gasteiger partial charge in [0.1, 0.15) is 12.3 Å². The highest BCUT2D eigenvalue weighted by Gasteiger charge is 2.38. The van der Waals surface area contributed by atoms with Crippen LogP contribution in [0, 0.1) is 0 Å². The van der Waals surface area contributed by atoms with E-state index in [9.17, 15) is 14.4 Å². The van der Waals surface area contributed by atoms with Gasteiger partial charge in [0, 0.05) is 36.8 Å². The molecule has 0 amide bonds. The van der Waals surface area contributed by atoms with Crippen molar-refractivity contribution in [2.75, 3.05) is 20.3 Å². The molecule has 1 aromatic carbocycles. The van der Waals surface area contributed by atoms with Gasteiger partial charge in [0.2, 0.25) is 5.78 Å². The molecule has 2 N–H and O–H groups in total. The number of rotatable bonds is 5. The smallest absolute Gasteiger partial charge is 0.341 e. The molecule has 33 heavy (non-hydrogen) atoms. The average Bonchev–Trinajstić information content (AvgIpc) is 3.18. The number of esters is 1. The van der Waals surface area contributed by atoms with Gasteiger partial charge in [0.05, 0.1) is 23.3 Å². The van der Waals surface area contributed by atoms with Crippen molar-refractivity contribution < 1.29 is 29.3 Å². The molecule has 3 aromatic heterocycles. The third-order valence-corrected chi connectivity index (χ3v) is 5.54. The molecule has 4 aromatic rings. The zero-order chi connectivity index (χ0) is 22.2. The zero-order valence-corrected chi connectivity index (χ0v) is 17.7. The molecule has 0 spiro atoms. The van der Waals surface area contributed by atoms with Crippen LogP contribution in [-0.2, 0) is 9.47 Å². The van der Waals surface area contributed by atoms with E-state index >= 15 is 0 Å². The summed E-state index contributed by atoms with van der Waals surface area (Å²) in [6, 6.07) is 13.9. The lowest BCUT2D eigenvalue weighted by atomic mass is 9.86. The molecular formula is C25H20N2O6. The predicted octanol–water partition coefficient (Wildman–Crippen LogP) is 2.76. The number of methoxy groups -OCH3 is 1. The Hall–Kier alpha value is -4.14. The van der Waals surface area contributed by atoms with Crippen LogP contribution in [0.4, 0.5) is 0 Å². The molecule has 0 saturated carbocycles. The second-order valence-corrected chi connectivity index (χ2v) is 7.34. The van der Waals surface area contributed by atoms with Crippen LogP contribution in [0.1, 0.15) is 42.3 Å². The molecule has 3 heterocycles. The van der Waals surface area contributed by atoms with E-state index in [0.717, 1.165) is 11.1 Å². The monoisotopic (exact) mass is 444 g/mol. The molecule has 0 fully saturated rings. The van der Waals surface area contributed by atoms with Crippen LogP contribution in [0.25, 0.3) is 16.6 Å². The van der Waals surface area contributed by atoms with Gasteiger partial charge < -0.3 is 19.4 Å². The molecule has 8 heteroatoms. The fraction of sp³-hybridized carbons (Fsp3) is 0.120. The molecule has 1 aliphatic carbocycles. The number of carbonyl (C=O) groups is 3. The Labute approximate surface area is 188 Å². The number of carbonyl (C=O) groups excluding carboxylic acids is 3. The lowest BCUT2D eigenvalue weighted by Gasteiger charge is -2.15. The highest BCUT2D eigenvalue weighted by Crippen LogP contribution is 2.35. The van der Waals surface area contributed by atoms with Crippen molar-refractivity contribution in [1.82, 2.24) is 9.38 Å². The largest absolute Gasteiger partial charge is 0.460 e. The first-order valence-corrected chi connectivity index (χ1v) is 10.0. The van der Waals surface area contributed by atoms with Crippen LogP contribution >= 0.6 is 0 Å². The fourth-order valence-corrected chi connectivity index (χ4v) is 4.06.